The number of ether oxygens (including phenoxy) is 1. The molecule has 0 aliphatic carbocycles. The Labute approximate surface area is 181 Å². The summed E-state index contributed by atoms with van der Waals surface area (Å²) < 4.78 is 9.38. The number of rotatable bonds is 5. The Bertz CT molecular complexity index is 1240. The Morgan fingerprint density at radius 3 is 2.58 bits per heavy atom. The Kier molecular flexibility index (Phi) is 5.38. The third-order valence-electron chi connectivity index (χ3n) is 6.12. The van der Waals surface area contributed by atoms with Crippen LogP contribution in [0, 0.1) is 0 Å². The van der Waals surface area contributed by atoms with Crippen molar-refractivity contribution in [3.05, 3.63) is 88.5 Å². The zero-order valence-corrected chi connectivity index (χ0v) is 17.7. The predicted molar refractivity (Wildman–Crippen MR) is 120 cm³/mol. The van der Waals surface area contributed by atoms with E-state index in [1.54, 1.807) is 12.4 Å². The van der Waals surface area contributed by atoms with E-state index in [4.69, 9.17) is 4.74 Å². The van der Waals surface area contributed by atoms with Crippen molar-refractivity contribution < 1.29 is 4.74 Å². The van der Waals surface area contributed by atoms with E-state index in [2.05, 4.69) is 40.4 Å². The van der Waals surface area contributed by atoms with Gasteiger partial charge >= 0.3 is 0 Å². The molecule has 6 heteroatoms. The van der Waals surface area contributed by atoms with Crippen molar-refractivity contribution in [1.29, 1.82) is 0 Å². The molecule has 1 saturated heterocycles. The van der Waals surface area contributed by atoms with Crippen molar-refractivity contribution in [1.82, 2.24) is 18.9 Å². The third-order valence-corrected chi connectivity index (χ3v) is 6.12. The van der Waals surface area contributed by atoms with E-state index < -0.39 is 0 Å². The molecule has 0 spiro atoms. The number of nitrogens with zero attached hydrogens (tertiary/aromatic N) is 4. The van der Waals surface area contributed by atoms with Crippen molar-refractivity contribution in [3.63, 3.8) is 0 Å². The minimum Gasteiger partial charge on any atom is -0.381 e. The third kappa shape index (κ3) is 3.79. The SMILES string of the molecule is CCn1c(Cc2ccc(-c3ccccn3)cc2)cn2c(C3CCOCC3)ncc2c1=O. The van der Waals surface area contributed by atoms with Gasteiger partial charge in [0.15, 0.2) is 0 Å². The minimum atomic E-state index is 0.0240. The summed E-state index contributed by atoms with van der Waals surface area (Å²) >= 11 is 0. The summed E-state index contributed by atoms with van der Waals surface area (Å²) in [7, 11) is 0. The molecule has 0 atom stereocenters. The Morgan fingerprint density at radius 1 is 1.06 bits per heavy atom. The van der Waals surface area contributed by atoms with Gasteiger partial charge < -0.3 is 9.30 Å². The summed E-state index contributed by atoms with van der Waals surface area (Å²) in [4.78, 5) is 22.2. The lowest BCUT2D eigenvalue weighted by molar-refractivity contribution is 0.0835. The number of benzene rings is 1. The topological polar surface area (TPSA) is 61.4 Å². The maximum absolute atomic E-state index is 13.2. The smallest absolute Gasteiger partial charge is 0.276 e. The van der Waals surface area contributed by atoms with Crippen LogP contribution in [0.5, 0.6) is 0 Å². The van der Waals surface area contributed by atoms with Crippen molar-refractivity contribution in [3.8, 4) is 11.3 Å². The first-order valence-corrected chi connectivity index (χ1v) is 10.9. The first-order valence-electron chi connectivity index (χ1n) is 10.9. The van der Waals surface area contributed by atoms with Gasteiger partial charge in [-0.3, -0.25) is 14.2 Å². The molecule has 0 saturated carbocycles. The van der Waals surface area contributed by atoms with Crippen LogP contribution in [0.3, 0.4) is 0 Å². The Balaban J connectivity index is 1.50. The number of hydrogen-bond acceptors (Lipinski definition) is 4. The van der Waals surface area contributed by atoms with Gasteiger partial charge in [0.25, 0.3) is 5.56 Å². The van der Waals surface area contributed by atoms with Crippen LogP contribution in [-0.2, 0) is 17.7 Å². The average Bonchev–Trinajstić information content (AvgIpc) is 3.25. The summed E-state index contributed by atoms with van der Waals surface area (Å²) in [6, 6.07) is 14.3. The predicted octanol–water partition coefficient (Wildman–Crippen LogP) is 4.06. The summed E-state index contributed by atoms with van der Waals surface area (Å²) in [5.41, 5.74) is 4.88. The zero-order valence-electron chi connectivity index (χ0n) is 17.7. The monoisotopic (exact) mass is 414 g/mol. The maximum Gasteiger partial charge on any atom is 0.276 e. The summed E-state index contributed by atoms with van der Waals surface area (Å²) in [6.45, 7) is 4.15. The van der Waals surface area contributed by atoms with E-state index >= 15 is 0 Å². The van der Waals surface area contributed by atoms with Gasteiger partial charge in [0.2, 0.25) is 0 Å². The molecule has 1 fully saturated rings. The van der Waals surface area contributed by atoms with Gasteiger partial charge in [-0.25, -0.2) is 4.98 Å². The highest BCUT2D eigenvalue weighted by Crippen LogP contribution is 2.26. The average molecular weight is 415 g/mol. The van der Waals surface area contributed by atoms with Crippen LogP contribution in [0.15, 0.2) is 65.8 Å². The summed E-state index contributed by atoms with van der Waals surface area (Å²) in [5.74, 6) is 1.31. The largest absolute Gasteiger partial charge is 0.381 e. The first kappa shape index (κ1) is 19.7. The second-order valence-electron chi connectivity index (χ2n) is 8.02. The van der Waals surface area contributed by atoms with Crippen molar-refractivity contribution in [2.45, 2.75) is 38.6 Å². The fraction of sp³-hybridized carbons (Fsp3) is 0.320. The number of imidazole rings is 1. The molecule has 158 valence electrons. The molecule has 0 amide bonds. The number of pyridine rings is 1. The van der Waals surface area contributed by atoms with Gasteiger partial charge in [-0.15, -0.1) is 0 Å². The second kappa shape index (κ2) is 8.47. The summed E-state index contributed by atoms with van der Waals surface area (Å²) in [5, 5.41) is 0. The van der Waals surface area contributed by atoms with Crippen molar-refractivity contribution in [2.24, 2.45) is 0 Å². The highest BCUT2D eigenvalue weighted by molar-refractivity contribution is 5.59. The van der Waals surface area contributed by atoms with Crippen molar-refractivity contribution >= 4 is 5.52 Å². The van der Waals surface area contributed by atoms with Crippen LogP contribution in [-0.4, -0.2) is 32.1 Å². The van der Waals surface area contributed by atoms with Gasteiger partial charge in [0, 0.05) is 55.7 Å². The fourth-order valence-electron chi connectivity index (χ4n) is 4.44. The lowest BCUT2D eigenvalue weighted by Gasteiger charge is -2.21. The fourth-order valence-corrected chi connectivity index (χ4v) is 4.44. The molecule has 1 aliphatic rings. The lowest BCUT2D eigenvalue weighted by Crippen LogP contribution is -2.26. The molecule has 1 aromatic carbocycles. The van der Waals surface area contributed by atoms with Crippen LogP contribution < -0.4 is 5.56 Å². The Hall–Kier alpha value is -3.25. The molecule has 6 nitrogen and oxygen atoms in total. The van der Waals surface area contributed by atoms with Crippen LogP contribution in [0.4, 0.5) is 0 Å². The molecule has 4 aromatic rings. The molecule has 3 aromatic heterocycles. The zero-order chi connectivity index (χ0) is 21.2. The maximum atomic E-state index is 13.2. The van der Waals surface area contributed by atoms with Crippen LogP contribution >= 0.6 is 0 Å². The molecule has 1 aliphatic heterocycles. The molecule has 0 N–H and O–H groups in total. The number of hydrogen-bond donors (Lipinski definition) is 0. The molecular formula is C25H26N4O2. The van der Waals surface area contributed by atoms with Crippen LogP contribution in [0.2, 0.25) is 0 Å². The molecule has 5 rings (SSSR count). The molecule has 0 unspecified atom stereocenters. The van der Waals surface area contributed by atoms with Gasteiger partial charge in [-0.1, -0.05) is 30.3 Å². The van der Waals surface area contributed by atoms with Gasteiger partial charge in [0.05, 0.1) is 11.9 Å². The van der Waals surface area contributed by atoms with Gasteiger partial charge in [-0.05, 0) is 37.5 Å². The van der Waals surface area contributed by atoms with Gasteiger partial charge in [-0.2, -0.15) is 0 Å². The van der Waals surface area contributed by atoms with Crippen LogP contribution in [0.1, 0.15) is 42.8 Å². The van der Waals surface area contributed by atoms with E-state index in [0.29, 0.717) is 24.4 Å². The molecule has 0 bridgehead atoms. The van der Waals surface area contributed by atoms with E-state index in [-0.39, 0.29) is 5.56 Å². The lowest BCUT2D eigenvalue weighted by atomic mass is 9.99. The van der Waals surface area contributed by atoms with Gasteiger partial charge in [0.1, 0.15) is 11.3 Å². The quantitative estimate of drug-likeness (QED) is 0.494. The Morgan fingerprint density at radius 2 is 1.87 bits per heavy atom. The molecule has 31 heavy (non-hydrogen) atoms. The number of aromatic nitrogens is 4. The van der Waals surface area contributed by atoms with E-state index in [9.17, 15) is 4.79 Å². The normalized spacial score (nSPS) is 14.9. The highest BCUT2D eigenvalue weighted by atomic mass is 16.5. The first-order chi connectivity index (χ1) is 15.2. The van der Waals surface area contributed by atoms with E-state index in [1.165, 1.54) is 0 Å². The number of fused-ring (bicyclic) bond motifs is 1. The second-order valence-corrected chi connectivity index (χ2v) is 8.02. The van der Waals surface area contributed by atoms with Crippen LogP contribution in [0.25, 0.3) is 16.8 Å². The molecular weight excluding hydrogens is 388 g/mol. The van der Waals surface area contributed by atoms with Crippen molar-refractivity contribution in [2.75, 3.05) is 13.2 Å². The standard InChI is InChI=1S/C25H26N4O2/c1-2-28-21(15-18-6-8-19(9-7-18)22-5-3-4-12-26-22)17-29-23(25(28)30)16-27-24(29)20-10-13-31-14-11-20/h3-9,12,16-17,20H,2,10-11,13-15H2,1H3. The van der Waals surface area contributed by atoms with E-state index in [0.717, 1.165) is 54.4 Å². The molecule has 0 radical (unpaired) electrons. The minimum absolute atomic E-state index is 0.0240. The molecule has 4 heterocycles. The van der Waals surface area contributed by atoms with E-state index in [1.807, 2.05) is 34.1 Å². The summed E-state index contributed by atoms with van der Waals surface area (Å²) in [6.07, 6.45) is 8.21. The highest BCUT2D eigenvalue weighted by Gasteiger charge is 2.22.